The van der Waals surface area contributed by atoms with Gasteiger partial charge in [-0.15, -0.1) is 6.42 Å². The van der Waals surface area contributed by atoms with Crippen molar-refractivity contribution in [3.8, 4) is 18.1 Å². The molecular formula is C13H16N2O2. The van der Waals surface area contributed by atoms with Crippen molar-refractivity contribution in [2.24, 2.45) is 5.73 Å². The number of nitrogens with one attached hydrogen (secondary N) is 1. The number of carbonyl (C=O) groups excluding carboxylic acids is 1. The Morgan fingerprint density at radius 3 is 3.06 bits per heavy atom. The Morgan fingerprint density at radius 1 is 1.65 bits per heavy atom. The Morgan fingerprint density at radius 2 is 2.41 bits per heavy atom. The lowest BCUT2D eigenvalue weighted by Crippen LogP contribution is -2.29. The molecule has 0 heterocycles. The van der Waals surface area contributed by atoms with Gasteiger partial charge in [0.15, 0.2) is 6.61 Å². The maximum atomic E-state index is 11.2. The van der Waals surface area contributed by atoms with Gasteiger partial charge in [0.2, 0.25) is 0 Å². The second-order valence-corrected chi connectivity index (χ2v) is 3.63. The molecule has 0 aliphatic carbocycles. The molecule has 90 valence electrons. The quantitative estimate of drug-likeness (QED) is 0.739. The van der Waals surface area contributed by atoms with Crippen molar-refractivity contribution in [2.75, 3.05) is 13.2 Å². The van der Waals surface area contributed by atoms with Crippen molar-refractivity contribution in [1.82, 2.24) is 5.32 Å². The monoisotopic (exact) mass is 232 g/mol. The molecular weight excluding hydrogens is 216 g/mol. The fraction of sp³-hybridized carbons (Fsp3) is 0.308. The first-order chi connectivity index (χ1) is 8.13. The van der Waals surface area contributed by atoms with Crippen LogP contribution in [0.2, 0.25) is 0 Å². The van der Waals surface area contributed by atoms with Gasteiger partial charge in [0.25, 0.3) is 5.91 Å². The highest BCUT2D eigenvalue weighted by Gasteiger charge is 2.03. The lowest BCUT2D eigenvalue weighted by atomic mass is 10.1. The van der Waals surface area contributed by atoms with Crippen LogP contribution >= 0.6 is 0 Å². The Bertz CT molecular complexity index is 422. The number of hydrogen-bond acceptors (Lipinski definition) is 3. The molecule has 0 bridgehead atoms. The Labute approximate surface area is 101 Å². The minimum atomic E-state index is -0.242. The van der Waals surface area contributed by atoms with Gasteiger partial charge in [0.05, 0.1) is 6.54 Å². The van der Waals surface area contributed by atoms with Crippen LogP contribution in [0, 0.1) is 12.3 Å². The summed E-state index contributed by atoms with van der Waals surface area (Å²) in [5, 5.41) is 2.52. The van der Waals surface area contributed by atoms with E-state index in [0.717, 1.165) is 5.56 Å². The highest BCUT2D eigenvalue weighted by Crippen LogP contribution is 2.17. The summed E-state index contributed by atoms with van der Waals surface area (Å²) < 4.78 is 5.32. The van der Waals surface area contributed by atoms with E-state index in [1.807, 2.05) is 25.1 Å². The molecule has 4 nitrogen and oxygen atoms in total. The van der Waals surface area contributed by atoms with E-state index < -0.39 is 0 Å². The van der Waals surface area contributed by atoms with Crippen molar-refractivity contribution in [3.63, 3.8) is 0 Å². The third kappa shape index (κ3) is 4.58. The maximum Gasteiger partial charge on any atom is 0.258 e. The van der Waals surface area contributed by atoms with Crippen LogP contribution in [0.5, 0.6) is 5.75 Å². The Balaban J connectivity index is 2.49. The number of carbonyl (C=O) groups is 1. The smallest absolute Gasteiger partial charge is 0.258 e. The van der Waals surface area contributed by atoms with E-state index in [4.69, 9.17) is 16.9 Å². The summed E-state index contributed by atoms with van der Waals surface area (Å²) in [6.45, 7) is 2.05. The lowest BCUT2D eigenvalue weighted by molar-refractivity contribution is -0.122. The SMILES string of the molecule is C#CCNC(=O)COc1cccc([C@H](C)N)c1. The Hall–Kier alpha value is -1.99. The normalized spacial score (nSPS) is 11.4. The molecule has 1 aromatic rings. The van der Waals surface area contributed by atoms with E-state index in [1.54, 1.807) is 6.07 Å². The number of nitrogens with two attached hydrogens (primary N) is 1. The van der Waals surface area contributed by atoms with Gasteiger partial charge >= 0.3 is 0 Å². The van der Waals surface area contributed by atoms with E-state index in [2.05, 4.69) is 11.2 Å². The largest absolute Gasteiger partial charge is 0.484 e. The van der Waals surface area contributed by atoms with Crippen molar-refractivity contribution in [3.05, 3.63) is 29.8 Å². The first-order valence-corrected chi connectivity index (χ1v) is 5.32. The predicted octanol–water partition coefficient (Wildman–Crippen LogP) is 0.834. The fourth-order valence-corrected chi connectivity index (χ4v) is 1.24. The maximum absolute atomic E-state index is 11.2. The van der Waals surface area contributed by atoms with Crippen molar-refractivity contribution in [1.29, 1.82) is 0 Å². The molecule has 0 fully saturated rings. The molecule has 0 saturated heterocycles. The standard InChI is InChI=1S/C13H16N2O2/c1-3-7-15-13(16)9-17-12-6-4-5-11(8-12)10(2)14/h1,4-6,8,10H,7,9,14H2,2H3,(H,15,16)/t10-/m0/s1. The van der Waals surface area contributed by atoms with E-state index >= 15 is 0 Å². The van der Waals surface area contributed by atoms with Crippen LogP contribution in [-0.2, 0) is 4.79 Å². The van der Waals surface area contributed by atoms with Crippen LogP contribution in [0.4, 0.5) is 0 Å². The molecule has 0 spiro atoms. The van der Waals surface area contributed by atoms with Gasteiger partial charge in [0.1, 0.15) is 5.75 Å². The molecule has 1 amide bonds. The summed E-state index contributed by atoms with van der Waals surface area (Å²) in [7, 11) is 0. The molecule has 4 heteroatoms. The van der Waals surface area contributed by atoms with Crippen LogP contribution in [0.25, 0.3) is 0 Å². The highest BCUT2D eigenvalue weighted by atomic mass is 16.5. The average molecular weight is 232 g/mol. The third-order valence-electron chi connectivity index (χ3n) is 2.14. The van der Waals surface area contributed by atoms with Crippen LogP contribution in [0.3, 0.4) is 0 Å². The number of rotatable bonds is 5. The summed E-state index contributed by atoms with van der Waals surface area (Å²) in [5.41, 5.74) is 6.71. The van der Waals surface area contributed by atoms with Crippen LogP contribution in [0.15, 0.2) is 24.3 Å². The van der Waals surface area contributed by atoms with E-state index in [1.165, 1.54) is 0 Å². The van der Waals surface area contributed by atoms with Crippen LogP contribution in [-0.4, -0.2) is 19.1 Å². The molecule has 0 aliphatic heterocycles. The number of hydrogen-bond donors (Lipinski definition) is 2. The molecule has 1 atom stereocenters. The zero-order valence-corrected chi connectivity index (χ0v) is 9.77. The Kier molecular flexibility index (Phi) is 5.05. The molecule has 1 aromatic carbocycles. The van der Waals surface area contributed by atoms with Crippen LogP contribution < -0.4 is 15.8 Å². The van der Waals surface area contributed by atoms with E-state index in [0.29, 0.717) is 5.75 Å². The number of ether oxygens (including phenoxy) is 1. The second kappa shape index (κ2) is 6.56. The van der Waals surface area contributed by atoms with E-state index in [9.17, 15) is 4.79 Å². The second-order valence-electron chi connectivity index (χ2n) is 3.63. The third-order valence-corrected chi connectivity index (χ3v) is 2.14. The number of benzene rings is 1. The first-order valence-electron chi connectivity index (χ1n) is 5.32. The van der Waals surface area contributed by atoms with Gasteiger partial charge in [-0.25, -0.2) is 0 Å². The molecule has 17 heavy (non-hydrogen) atoms. The van der Waals surface area contributed by atoms with Gasteiger partial charge in [-0.05, 0) is 24.6 Å². The van der Waals surface area contributed by atoms with E-state index in [-0.39, 0.29) is 25.1 Å². The average Bonchev–Trinajstić information content (AvgIpc) is 2.34. The number of amides is 1. The molecule has 1 rings (SSSR count). The summed E-state index contributed by atoms with van der Waals surface area (Å²) in [5.74, 6) is 2.70. The summed E-state index contributed by atoms with van der Waals surface area (Å²) in [4.78, 5) is 11.2. The first kappa shape index (κ1) is 13.1. The van der Waals surface area contributed by atoms with Gasteiger partial charge in [-0.3, -0.25) is 4.79 Å². The molecule has 3 N–H and O–H groups in total. The fourth-order valence-electron chi connectivity index (χ4n) is 1.24. The lowest BCUT2D eigenvalue weighted by Gasteiger charge is -2.09. The molecule has 0 saturated carbocycles. The van der Waals surface area contributed by atoms with Crippen molar-refractivity contribution < 1.29 is 9.53 Å². The van der Waals surface area contributed by atoms with Gasteiger partial charge in [-0.2, -0.15) is 0 Å². The summed E-state index contributed by atoms with van der Waals surface area (Å²) in [6, 6.07) is 7.29. The minimum absolute atomic E-state index is 0.0515. The minimum Gasteiger partial charge on any atom is -0.484 e. The highest BCUT2D eigenvalue weighted by molar-refractivity contribution is 5.77. The van der Waals surface area contributed by atoms with Gasteiger partial charge < -0.3 is 15.8 Å². The molecule has 0 aromatic heterocycles. The molecule has 0 radical (unpaired) electrons. The van der Waals surface area contributed by atoms with Gasteiger partial charge in [-0.1, -0.05) is 18.1 Å². The zero-order chi connectivity index (χ0) is 12.7. The molecule has 0 unspecified atom stereocenters. The predicted molar refractivity (Wildman–Crippen MR) is 66.4 cm³/mol. The topological polar surface area (TPSA) is 64.3 Å². The summed E-state index contributed by atoms with van der Waals surface area (Å²) in [6.07, 6.45) is 5.02. The van der Waals surface area contributed by atoms with Crippen molar-refractivity contribution in [2.45, 2.75) is 13.0 Å². The number of terminal acetylenes is 1. The van der Waals surface area contributed by atoms with Gasteiger partial charge in [0, 0.05) is 6.04 Å². The zero-order valence-electron chi connectivity index (χ0n) is 9.77. The molecule has 0 aliphatic rings. The van der Waals surface area contributed by atoms with Crippen molar-refractivity contribution >= 4 is 5.91 Å². The summed E-state index contributed by atoms with van der Waals surface area (Å²) >= 11 is 0. The van der Waals surface area contributed by atoms with Crippen LogP contribution in [0.1, 0.15) is 18.5 Å².